The van der Waals surface area contributed by atoms with Crippen LogP contribution in [-0.2, 0) is 12.8 Å². The maximum atomic E-state index is 4.43. The van der Waals surface area contributed by atoms with E-state index < -0.39 is 0 Å². The van der Waals surface area contributed by atoms with E-state index in [1.165, 1.54) is 11.1 Å². The molecule has 66 valence electrons. The fourth-order valence-corrected chi connectivity index (χ4v) is 2.03. The Bertz CT molecular complexity index is 281. The molecular formula is C10H13BrS. The van der Waals surface area contributed by atoms with Gasteiger partial charge in [-0.3, -0.25) is 0 Å². The topological polar surface area (TPSA) is 0 Å². The predicted octanol–water partition coefficient (Wildman–Crippen LogP) is 3.86. The zero-order valence-corrected chi connectivity index (χ0v) is 9.87. The predicted molar refractivity (Wildman–Crippen MR) is 60.2 cm³/mol. The van der Waals surface area contributed by atoms with Crippen LogP contribution >= 0.6 is 28.6 Å². The molecule has 0 saturated heterocycles. The summed E-state index contributed by atoms with van der Waals surface area (Å²) in [4.78, 5) is 1.08. The molecule has 0 heterocycles. The van der Waals surface area contributed by atoms with Crippen molar-refractivity contribution >= 4 is 28.6 Å². The molecule has 0 aromatic heterocycles. The molecule has 0 radical (unpaired) electrons. The molecule has 1 aromatic carbocycles. The van der Waals surface area contributed by atoms with Crippen molar-refractivity contribution in [2.75, 3.05) is 0 Å². The van der Waals surface area contributed by atoms with E-state index in [-0.39, 0.29) is 0 Å². The van der Waals surface area contributed by atoms with Crippen LogP contribution in [0.5, 0.6) is 0 Å². The van der Waals surface area contributed by atoms with Crippen molar-refractivity contribution in [1.29, 1.82) is 0 Å². The number of aryl methyl sites for hydroxylation is 2. The Labute approximate surface area is 87.9 Å². The number of hydrogen-bond donors (Lipinski definition) is 1. The second kappa shape index (κ2) is 4.33. The van der Waals surface area contributed by atoms with Gasteiger partial charge in [-0.05, 0) is 46.0 Å². The Hall–Kier alpha value is 0.0500. The first-order valence-electron chi connectivity index (χ1n) is 4.19. The zero-order valence-electron chi connectivity index (χ0n) is 7.39. The van der Waals surface area contributed by atoms with Crippen LogP contribution in [0, 0.1) is 0 Å². The highest BCUT2D eigenvalue weighted by atomic mass is 79.9. The van der Waals surface area contributed by atoms with Crippen molar-refractivity contribution in [3.8, 4) is 0 Å². The molecule has 0 atom stereocenters. The van der Waals surface area contributed by atoms with Gasteiger partial charge in [0.2, 0.25) is 0 Å². The Balaban J connectivity index is 3.19. The third-order valence-electron chi connectivity index (χ3n) is 1.99. The number of halogens is 1. The molecule has 12 heavy (non-hydrogen) atoms. The summed E-state index contributed by atoms with van der Waals surface area (Å²) in [6.45, 7) is 4.32. The average Bonchev–Trinajstić information content (AvgIpc) is 2.09. The largest absolute Gasteiger partial charge is 0.142 e. The maximum absolute atomic E-state index is 4.43. The van der Waals surface area contributed by atoms with Gasteiger partial charge in [-0.1, -0.05) is 19.9 Å². The molecule has 1 rings (SSSR count). The highest BCUT2D eigenvalue weighted by Crippen LogP contribution is 2.26. The van der Waals surface area contributed by atoms with E-state index in [4.69, 9.17) is 0 Å². The van der Waals surface area contributed by atoms with Crippen molar-refractivity contribution in [3.05, 3.63) is 27.7 Å². The van der Waals surface area contributed by atoms with Gasteiger partial charge in [0.15, 0.2) is 0 Å². The minimum Gasteiger partial charge on any atom is -0.142 e. The van der Waals surface area contributed by atoms with E-state index >= 15 is 0 Å². The second-order valence-electron chi connectivity index (χ2n) is 2.79. The number of benzene rings is 1. The van der Waals surface area contributed by atoms with Gasteiger partial charge < -0.3 is 0 Å². The number of thiol groups is 1. The zero-order chi connectivity index (χ0) is 9.14. The van der Waals surface area contributed by atoms with E-state index in [0.717, 1.165) is 22.2 Å². The highest BCUT2D eigenvalue weighted by molar-refractivity contribution is 9.10. The first-order valence-corrected chi connectivity index (χ1v) is 5.43. The molecule has 0 bridgehead atoms. The average molecular weight is 245 g/mol. The molecule has 0 aliphatic rings. The molecule has 0 aliphatic heterocycles. The summed E-state index contributed by atoms with van der Waals surface area (Å²) in [5.41, 5.74) is 2.70. The minimum atomic E-state index is 1.05. The Morgan fingerprint density at radius 2 is 1.92 bits per heavy atom. The maximum Gasteiger partial charge on any atom is 0.0314 e. The van der Waals surface area contributed by atoms with E-state index in [1.807, 2.05) is 0 Å². The molecule has 0 amide bonds. The van der Waals surface area contributed by atoms with Crippen LogP contribution in [0.3, 0.4) is 0 Å². The summed E-state index contributed by atoms with van der Waals surface area (Å²) in [6, 6.07) is 4.37. The summed E-state index contributed by atoms with van der Waals surface area (Å²) in [5.74, 6) is 0. The molecule has 0 spiro atoms. The van der Waals surface area contributed by atoms with Crippen molar-refractivity contribution in [2.24, 2.45) is 0 Å². The molecular weight excluding hydrogens is 232 g/mol. The lowest BCUT2D eigenvalue weighted by molar-refractivity contribution is 1.04. The summed E-state index contributed by atoms with van der Waals surface area (Å²) in [6.07, 6.45) is 2.13. The summed E-state index contributed by atoms with van der Waals surface area (Å²) < 4.78 is 1.11. The molecule has 0 saturated carbocycles. The highest BCUT2D eigenvalue weighted by Gasteiger charge is 2.03. The van der Waals surface area contributed by atoms with Crippen LogP contribution in [0.2, 0.25) is 0 Å². The Morgan fingerprint density at radius 1 is 1.25 bits per heavy atom. The van der Waals surface area contributed by atoms with Crippen LogP contribution in [0.25, 0.3) is 0 Å². The molecule has 2 heteroatoms. The van der Waals surface area contributed by atoms with Crippen molar-refractivity contribution in [2.45, 2.75) is 31.6 Å². The summed E-state index contributed by atoms with van der Waals surface area (Å²) >= 11 is 7.93. The third-order valence-corrected chi connectivity index (χ3v) is 3.45. The first kappa shape index (κ1) is 10.1. The van der Waals surface area contributed by atoms with Gasteiger partial charge in [0.25, 0.3) is 0 Å². The van der Waals surface area contributed by atoms with E-state index in [0.29, 0.717) is 0 Å². The van der Waals surface area contributed by atoms with Gasteiger partial charge in [-0.25, -0.2) is 0 Å². The molecule has 0 nitrogen and oxygen atoms in total. The van der Waals surface area contributed by atoms with Crippen LogP contribution in [-0.4, -0.2) is 0 Å². The fourth-order valence-electron chi connectivity index (χ4n) is 1.19. The second-order valence-corrected chi connectivity index (χ2v) is 4.09. The minimum absolute atomic E-state index is 1.05. The standard InChI is InChI=1S/C10H13BrS/c1-3-7-5-8(4-2)10(12)9(11)6-7/h5-6,12H,3-4H2,1-2H3. The third kappa shape index (κ3) is 2.05. The smallest absolute Gasteiger partial charge is 0.0314 e. The molecule has 0 N–H and O–H groups in total. The van der Waals surface area contributed by atoms with Crippen LogP contribution in [0.4, 0.5) is 0 Å². The van der Waals surface area contributed by atoms with E-state index in [1.54, 1.807) is 0 Å². The van der Waals surface area contributed by atoms with Gasteiger partial charge in [0.05, 0.1) is 0 Å². The molecule has 1 aromatic rings. The normalized spacial score (nSPS) is 10.3. The van der Waals surface area contributed by atoms with Crippen molar-refractivity contribution in [3.63, 3.8) is 0 Å². The van der Waals surface area contributed by atoms with Crippen LogP contribution in [0.1, 0.15) is 25.0 Å². The first-order chi connectivity index (χ1) is 5.69. The van der Waals surface area contributed by atoms with Crippen molar-refractivity contribution < 1.29 is 0 Å². The van der Waals surface area contributed by atoms with Gasteiger partial charge in [0, 0.05) is 9.37 Å². The van der Waals surface area contributed by atoms with Gasteiger partial charge in [-0.2, -0.15) is 0 Å². The van der Waals surface area contributed by atoms with Gasteiger partial charge in [0.1, 0.15) is 0 Å². The Kier molecular flexibility index (Phi) is 3.66. The molecule has 0 unspecified atom stereocenters. The van der Waals surface area contributed by atoms with Crippen LogP contribution in [0.15, 0.2) is 21.5 Å². The lowest BCUT2D eigenvalue weighted by Crippen LogP contribution is -1.89. The quantitative estimate of drug-likeness (QED) is 0.751. The summed E-state index contributed by atoms with van der Waals surface area (Å²) in [5, 5.41) is 0. The van der Waals surface area contributed by atoms with E-state index in [9.17, 15) is 0 Å². The number of hydrogen-bond acceptors (Lipinski definition) is 1. The monoisotopic (exact) mass is 244 g/mol. The van der Waals surface area contributed by atoms with Crippen LogP contribution < -0.4 is 0 Å². The number of rotatable bonds is 2. The van der Waals surface area contributed by atoms with Gasteiger partial charge >= 0.3 is 0 Å². The fraction of sp³-hybridized carbons (Fsp3) is 0.400. The lowest BCUT2D eigenvalue weighted by atomic mass is 10.1. The van der Waals surface area contributed by atoms with Crippen molar-refractivity contribution in [1.82, 2.24) is 0 Å². The lowest BCUT2D eigenvalue weighted by Gasteiger charge is -2.07. The molecule has 0 fully saturated rings. The Morgan fingerprint density at radius 3 is 2.42 bits per heavy atom. The van der Waals surface area contributed by atoms with Gasteiger partial charge in [-0.15, -0.1) is 12.6 Å². The van der Waals surface area contributed by atoms with E-state index in [2.05, 4.69) is 54.5 Å². The summed E-state index contributed by atoms with van der Waals surface area (Å²) in [7, 11) is 0. The molecule has 0 aliphatic carbocycles. The SMILES string of the molecule is CCc1cc(Br)c(S)c(CC)c1.